The molecule has 0 saturated heterocycles. The van der Waals surface area contributed by atoms with Crippen molar-refractivity contribution in [1.29, 1.82) is 0 Å². The Kier molecular flexibility index (Phi) is 3.72. The maximum atomic E-state index is 13.6. The minimum absolute atomic E-state index is 0.0969. The number of anilines is 1. The summed E-state index contributed by atoms with van der Waals surface area (Å²) < 4.78 is 19.1. The lowest BCUT2D eigenvalue weighted by Gasteiger charge is -2.10. The van der Waals surface area contributed by atoms with Crippen LogP contribution in [-0.4, -0.2) is 0 Å². The lowest BCUT2D eigenvalue weighted by atomic mass is 10.2. The van der Waals surface area contributed by atoms with E-state index in [9.17, 15) is 4.39 Å². The van der Waals surface area contributed by atoms with Crippen molar-refractivity contribution in [2.45, 2.75) is 13.5 Å². The first-order valence-corrected chi connectivity index (χ1v) is 5.87. The first-order chi connectivity index (χ1) is 8.58. The van der Waals surface area contributed by atoms with Crippen molar-refractivity contribution in [1.82, 2.24) is 0 Å². The predicted molar refractivity (Wildman–Crippen MR) is 71.3 cm³/mol. The highest BCUT2D eigenvalue weighted by Crippen LogP contribution is 2.26. The predicted octanol–water partition coefficient (Wildman–Crippen LogP) is 3.95. The standard InChI is InChI=1S/C14H13ClFNO/c1-9-5-6-13(11(15)7-9)18-8-10-3-2-4-12(17)14(10)16/h2-7H,8,17H2,1H3. The van der Waals surface area contributed by atoms with Crippen molar-refractivity contribution in [2.24, 2.45) is 0 Å². The van der Waals surface area contributed by atoms with Crippen LogP contribution in [-0.2, 0) is 6.61 Å². The molecular weight excluding hydrogens is 253 g/mol. The van der Waals surface area contributed by atoms with Crippen LogP contribution in [0.15, 0.2) is 36.4 Å². The summed E-state index contributed by atoms with van der Waals surface area (Å²) in [5.41, 5.74) is 7.05. The van der Waals surface area contributed by atoms with Crippen LogP contribution in [0.1, 0.15) is 11.1 Å². The van der Waals surface area contributed by atoms with E-state index in [1.54, 1.807) is 24.3 Å². The summed E-state index contributed by atoms with van der Waals surface area (Å²) in [7, 11) is 0. The molecule has 0 radical (unpaired) electrons. The Hall–Kier alpha value is -1.74. The van der Waals surface area contributed by atoms with Crippen LogP contribution in [0, 0.1) is 12.7 Å². The molecule has 2 rings (SSSR count). The Labute approximate surface area is 110 Å². The van der Waals surface area contributed by atoms with Crippen LogP contribution in [0.4, 0.5) is 10.1 Å². The van der Waals surface area contributed by atoms with E-state index in [1.165, 1.54) is 6.07 Å². The molecule has 4 heteroatoms. The Balaban J connectivity index is 2.14. The van der Waals surface area contributed by atoms with Gasteiger partial charge in [-0.3, -0.25) is 0 Å². The van der Waals surface area contributed by atoms with Gasteiger partial charge in [-0.15, -0.1) is 0 Å². The molecule has 2 aromatic rings. The maximum Gasteiger partial charge on any atom is 0.152 e. The molecule has 2 aromatic carbocycles. The zero-order valence-electron chi connectivity index (χ0n) is 9.91. The van der Waals surface area contributed by atoms with Gasteiger partial charge in [-0.25, -0.2) is 4.39 Å². The molecular formula is C14H13ClFNO. The van der Waals surface area contributed by atoms with E-state index in [4.69, 9.17) is 22.1 Å². The third-order valence-electron chi connectivity index (χ3n) is 2.58. The van der Waals surface area contributed by atoms with Crippen LogP contribution in [0.5, 0.6) is 5.75 Å². The Bertz CT molecular complexity index is 572. The molecule has 0 aliphatic heterocycles. The fraction of sp³-hybridized carbons (Fsp3) is 0.143. The molecule has 0 aliphatic carbocycles. The van der Waals surface area contributed by atoms with Crippen molar-refractivity contribution in [3.05, 3.63) is 58.4 Å². The molecule has 0 aliphatic rings. The van der Waals surface area contributed by atoms with Gasteiger partial charge in [0.2, 0.25) is 0 Å². The lowest BCUT2D eigenvalue weighted by Crippen LogP contribution is -2.01. The largest absolute Gasteiger partial charge is 0.487 e. The fourth-order valence-electron chi connectivity index (χ4n) is 1.59. The molecule has 0 saturated carbocycles. The lowest BCUT2D eigenvalue weighted by molar-refractivity contribution is 0.300. The van der Waals surface area contributed by atoms with Gasteiger partial charge in [-0.2, -0.15) is 0 Å². The second-order valence-corrected chi connectivity index (χ2v) is 4.45. The smallest absolute Gasteiger partial charge is 0.152 e. The number of halogens is 2. The molecule has 0 unspecified atom stereocenters. The summed E-state index contributed by atoms with van der Waals surface area (Å²) in [6.45, 7) is 2.03. The van der Waals surface area contributed by atoms with E-state index in [1.807, 2.05) is 13.0 Å². The zero-order chi connectivity index (χ0) is 13.1. The molecule has 0 aromatic heterocycles. The van der Waals surface area contributed by atoms with E-state index in [2.05, 4.69) is 0 Å². The Morgan fingerprint density at radius 1 is 1.28 bits per heavy atom. The van der Waals surface area contributed by atoms with E-state index in [0.29, 0.717) is 16.3 Å². The average molecular weight is 266 g/mol. The molecule has 0 bridgehead atoms. The van der Waals surface area contributed by atoms with Crippen LogP contribution in [0.25, 0.3) is 0 Å². The fourth-order valence-corrected chi connectivity index (χ4v) is 1.88. The maximum absolute atomic E-state index is 13.6. The van der Waals surface area contributed by atoms with Crippen molar-refractivity contribution in [2.75, 3.05) is 5.73 Å². The second-order valence-electron chi connectivity index (χ2n) is 4.04. The number of aryl methyl sites for hydroxylation is 1. The summed E-state index contributed by atoms with van der Waals surface area (Å²) in [5, 5.41) is 0.513. The van der Waals surface area contributed by atoms with Crippen molar-refractivity contribution < 1.29 is 9.13 Å². The molecule has 2 nitrogen and oxygen atoms in total. The van der Waals surface area contributed by atoms with Gasteiger partial charge in [0.05, 0.1) is 10.7 Å². The molecule has 0 atom stereocenters. The second kappa shape index (κ2) is 5.27. The Morgan fingerprint density at radius 2 is 2.06 bits per heavy atom. The van der Waals surface area contributed by atoms with Gasteiger partial charge in [-0.1, -0.05) is 29.8 Å². The highest BCUT2D eigenvalue weighted by molar-refractivity contribution is 6.32. The van der Waals surface area contributed by atoms with E-state index >= 15 is 0 Å². The summed E-state index contributed by atoms with van der Waals surface area (Å²) in [6, 6.07) is 10.3. The van der Waals surface area contributed by atoms with Gasteiger partial charge < -0.3 is 10.5 Å². The highest BCUT2D eigenvalue weighted by Gasteiger charge is 2.07. The number of nitrogens with two attached hydrogens (primary N) is 1. The number of hydrogen-bond acceptors (Lipinski definition) is 2. The van der Waals surface area contributed by atoms with Gasteiger partial charge in [0.25, 0.3) is 0 Å². The van der Waals surface area contributed by atoms with Gasteiger partial charge >= 0.3 is 0 Å². The number of hydrogen-bond donors (Lipinski definition) is 1. The van der Waals surface area contributed by atoms with Crippen LogP contribution in [0.3, 0.4) is 0 Å². The van der Waals surface area contributed by atoms with Gasteiger partial charge in [0.15, 0.2) is 5.82 Å². The third kappa shape index (κ3) is 2.74. The molecule has 0 amide bonds. The van der Waals surface area contributed by atoms with Crippen molar-refractivity contribution in [3.63, 3.8) is 0 Å². The summed E-state index contributed by atoms with van der Waals surface area (Å²) >= 11 is 6.02. The first kappa shape index (κ1) is 12.7. The molecule has 0 heterocycles. The molecule has 94 valence electrons. The minimum Gasteiger partial charge on any atom is -0.487 e. The topological polar surface area (TPSA) is 35.2 Å². The minimum atomic E-state index is -0.444. The molecule has 2 N–H and O–H groups in total. The molecule has 18 heavy (non-hydrogen) atoms. The monoisotopic (exact) mass is 265 g/mol. The van der Waals surface area contributed by atoms with E-state index in [0.717, 1.165) is 5.56 Å². The van der Waals surface area contributed by atoms with Crippen LogP contribution >= 0.6 is 11.6 Å². The van der Waals surface area contributed by atoms with Crippen molar-refractivity contribution in [3.8, 4) is 5.75 Å². The highest BCUT2D eigenvalue weighted by atomic mass is 35.5. The summed E-state index contributed by atoms with van der Waals surface area (Å²) in [6.07, 6.45) is 0. The summed E-state index contributed by atoms with van der Waals surface area (Å²) in [5.74, 6) is 0.0878. The van der Waals surface area contributed by atoms with Crippen LogP contribution < -0.4 is 10.5 Å². The van der Waals surface area contributed by atoms with Gasteiger partial charge in [-0.05, 0) is 30.7 Å². The number of ether oxygens (including phenoxy) is 1. The zero-order valence-corrected chi connectivity index (χ0v) is 10.7. The molecule has 0 spiro atoms. The van der Waals surface area contributed by atoms with Crippen molar-refractivity contribution >= 4 is 17.3 Å². The Morgan fingerprint density at radius 3 is 2.78 bits per heavy atom. The van der Waals surface area contributed by atoms with Crippen LogP contribution in [0.2, 0.25) is 5.02 Å². The number of benzene rings is 2. The first-order valence-electron chi connectivity index (χ1n) is 5.50. The number of rotatable bonds is 3. The summed E-state index contributed by atoms with van der Waals surface area (Å²) in [4.78, 5) is 0. The number of nitrogen functional groups attached to an aromatic ring is 1. The SMILES string of the molecule is Cc1ccc(OCc2cccc(N)c2F)c(Cl)c1. The van der Waals surface area contributed by atoms with E-state index < -0.39 is 5.82 Å². The quantitative estimate of drug-likeness (QED) is 0.853. The van der Waals surface area contributed by atoms with Gasteiger partial charge in [0, 0.05) is 5.56 Å². The molecule has 0 fully saturated rings. The van der Waals surface area contributed by atoms with Gasteiger partial charge in [0.1, 0.15) is 12.4 Å². The third-order valence-corrected chi connectivity index (χ3v) is 2.87. The average Bonchev–Trinajstić information content (AvgIpc) is 2.33. The van der Waals surface area contributed by atoms with E-state index in [-0.39, 0.29) is 12.3 Å². The normalized spacial score (nSPS) is 10.4.